The minimum Gasteiger partial charge on any atom is -0.328 e. The van der Waals surface area contributed by atoms with Gasteiger partial charge in [0.2, 0.25) is 5.91 Å². The zero-order valence-corrected chi connectivity index (χ0v) is 8.51. The summed E-state index contributed by atoms with van der Waals surface area (Å²) in [5, 5.41) is 2.69. The third-order valence-electron chi connectivity index (χ3n) is 2.06. The molecule has 1 N–H and O–H groups in total. The molecule has 0 aliphatic carbocycles. The molecule has 0 saturated carbocycles. The summed E-state index contributed by atoms with van der Waals surface area (Å²) in [6.07, 6.45) is 0. The average Bonchev–Trinajstić information content (AvgIpc) is 2.19. The number of thioether (sulfide) groups is 1. The van der Waals surface area contributed by atoms with Crippen molar-refractivity contribution in [2.45, 2.75) is 5.25 Å². The predicted octanol–water partition coefficient (Wildman–Crippen LogP) is 2.10. The molecular weight excluding hydrogens is 194 g/mol. The van der Waals surface area contributed by atoms with E-state index in [0.29, 0.717) is 0 Å². The normalized spacial score (nSPS) is 21.9. The highest BCUT2D eigenvalue weighted by Gasteiger charge is 2.25. The fourth-order valence-corrected chi connectivity index (χ4v) is 2.41. The van der Waals surface area contributed by atoms with Crippen LogP contribution in [0.2, 0.25) is 0 Å². The maximum absolute atomic E-state index is 11.6. The SMILES string of the molecule is C=C1CSC(c2ccccc2)C(=O)N1. The molecule has 2 rings (SSSR count). The van der Waals surface area contributed by atoms with Crippen molar-refractivity contribution in [3.05, 3.63) is 48.2 Å². The minimum absolute atomic E-state index is 0.0393. The van der Waals surface area contributed by atoms with Gasteiger partial charge < -0.3 is 5.32 Å². The lowest BCUT2D eigenvalue weighted by Crippen LogP contribution is -2.32. The van der Waals surface area contributed by atoms with Crippen LogP contribution >= 0.6 is 11.8 Å². The standard InChI is InChI=1S/C11H11NOS/c1-8-7-14-10(11(13)12-8)9-5-3-2-4-6-9/h2-6,10H,1,7H2,(H,12,13). The molecule has 0 spiro atoms. The van der Waals surface area contributed by atoms with Gasteiger partial charge in [-0.2, -0.15) is 0 Å². The van der Waals surface area contributed by atoms with E-state index in [4.69, 9.17) is 0 Å². The molecule has 1 atom stereocenters. The van der Waals surface area contributed by atoms with Crippen LogP contribution < -0.4 is 5.32 Å². The monoisotopic (exact) mass is 205 g/mol. The van der Waals surface area contributed by atoms with E-state index in [-0.39, 0.29) is 11.2 Å². The fourth-order valence-electron chi connectivity index (χ4n) is 1.41. The number of carbonyl (C=O) groups is 1. The van der Waals surface area contributed by atoms with Crippen LogP contribution in [0.3, 0.4) is 0 Å². The van der Waals surface area contributed by atoms with Crippen LogP contribution in [0.4, 0.5) is 0 Å². The van der Waals surface area contributed by atoms with Crippen LogP contribution in [0, 0.1) is 0 Å². The van der Waals surface area contributed by atoms with Gasteiger partial charge in [-0.1, -0.05) is 36.9 Å². The quantitative estimate of drug-likeness (QED) is 0.760. The van der Waals surface area contributed by atoms with Gasteiger partial charge in [0.1, 0.15) is 5.25 Å². The molecule has 14 heavy (non-hydrogen) atoms. The largest absolute Gasteiger partial charge is 0.328 e. The first-order chi connectivity index (χ1) is 6.77. The molecular formula is C11H11NOS. The van der Waals surface area contributed by atoms with Crippen LogP contribution in [0.1, 0.15) is 10.8 Å². The molecule has 0 bridgehead atoms. The lowest BCUT2D eigenvalue weighted by molar-refractivity contribution is -0.120. The molecule has 0 aromatic heterocycles. The van der Waals surface area contributed by atoms with Crippen molar-refractivity contribution in [1.29, 1.82) is 0 Å². The molecule has 1 aromatic carbocycles. The van der Waals surface area contributed by atoms with Gasteiger partial charge in [-0.15, -0.1) is 11.8 Å². The summed E-state index contributed by atoms with van der Waals surface area (Å²) in [5.41, 5.74) is 1.86. The summed E-state index contributed by atoms with van der Waals surface area (Å²) in [4.78, 5) is 11.6. The third-order valence-corrected chi connectivity index (χ3v) is 3.40. The number of nitrogens with one attached hydrogen (secondary N) is 1. The van der Waals surface area contributed by atoms with Crippen molar-refractivity contribution in [2.24, 2.45) is 0 Å². The van der Waals surface area contributed by atoms with Gasteiger partial charge in [0, 0.05) is 11.4 Å². The first-order valence-corrected chi connectivity index (χ1v) is 5.47. The Kier molecular flexibility index (Phi) is 2.59. The van der Waals surface area contributed by atoms with Crippen molar-refractivity contribution < 1.29 is 4.79 Å². The Labute approximate surface area is 87.4 Å². The molecule has 2 nitrogen and oxygen atoms in total. The van der Waals surface area contributed by atoms with E-state index in [1.54, 1.807) is 11.8 Å². The van der Waals surface area contributed by atoms with E-state index in [9.17, 15) is 4.79 Å². The molecule has 1 fully saturated rings. The second kappa shape index (κ2) is 3.88. The first-order valence-electron chi connectivity index (χ1n) is 4.42. The second-order valence-corrected chi connectivity index (χ2v) is 4.29. The number of rotatable bonds is 1. The molecule has 72 valence electrons. The molecule has 1 saturated heterocycles. The topological polar surface area (TPSA) is 29.1 Å². The van der Waals surface area contributed by atoms with Gasteiger partial charge in [0.25, 0.3) is 0 Å². The van der Waals surface area contributed by atoms with Crippen molar-refractivity contribution in [3.8, 4) is 0 Å². The van der Waals surface area contributed by atoms with Gasteiger partial charge in [0.15, 0.2) is 0 Å². The zero-order valence-electron chi connectivity index (χ0n) is 7.69. The molecule has 1 aliphatic rings. The van der Waals surface area contributed by atoms with Crippen LogP contribution in [-0.4, -0.2) is 11.7 Å². The zero-order chi connectivity index (χ0) is 9.97. The third kappa shape index (κ3) is 1.82. The fraction of sp³-hybridized carbons (Fsp3) is 0.182. The lowest BCUT2D eigenvalue weighted by atomic mass is 10.1. The molecule has 1 unspecified atom stereocenters. The van der Waals surface area contributed by atoms with E-state index >= 15 is 0 Å². The van der Waals surface area contributed by atoms with E-state index in [0.717, 1.165) is 17.0 Å². The minimum atomic E-state index is -0.0818. The first kappa shape index (κ1) is 9.34. The highest BCUT2D eigenvalue weighted by molar-refractivity contribution is 8.00. The van der Waals surface area contributed by atoms with Gasteiger partial charge in [-0.05, 0) is 5.56 Å². The van der Waals surface area contributed by atoms with Gasteiger partial charge >= 0.3 is 0 Å². The van der Waals surface area contributed by atoms with E-state index in [1.165, 1.54) is 0 Å². The maximum Gasteiger partial charge on any atom is 0.241 e. The highest BCUT2D eigenvalue weighted by atomic mass is 32.2. The summed E-state index contributed by atoms with van der Waals surface area (Å²) in [6.45, 7) is 3.74. The Morgan fingerprint density at radius 3 is 2.71 bits per heavy atom. The highest BCUT2D eigenvalue weighted by Crippen LogP contribution is 2.32. The summed E-state index contributed by atoms with van der Waals surface area (Å²) in [7, 11) is 0. The number of hydrogen-bond donors (Lipinski definition) is 1. The Morgan fingerprint density at radius 2 is 2.07 bits per heavy atom. The molecule has 1 aromatic rings. The molecule has 1 heterocycles. The Morgan fingerprint density at radius 1 is 1.36 bits per heavy atom. The Balaban J connectivity index is 2.20. The van der Waals surface area contributed by atoms with Crippen LogP contribution in [0.15, 0.2) is 42.6 Å². The van der Waals surface area contributed by atoms with Crippen molar-refractivity contribution >= 4 is 17.7 Å². The summed E-state index contributed by atoms with van der Waals surface area (Å²) < 4.78 is 0. The molecule has 3 heteroatoms. The lowest BCUT2D eigenvalue weighted by Gasteiger charge is -2.23. The smallest absolute Gasteiger partial charge is 0.241 e. The van der Waals surface area contributed by atoms with E-state index in [1.807, 2.05) is 30.3 Å². The van der Waals surface area contributed by atoms with Gasteiger partial charge in [0.05, 0.1) is 0 Å². The maximum atomic E-state index is 11.6. The predicted molar refractivity (Wildman–Crippen MR) is 58.9 cm³/mol. The summed E-state index contributed by atoms with van der Waals surface area (Å²) in [6, 6.07) is 9.81. The second-order valence-electron chi connectivity index (χ2n) is 3.19. The van der Waals surface area contributed by atoms with Crippen LogP contribution in [-0.2, 0) is 4.79 Å². The Hall–Kier alpha value is -1.22. The molecule has 1 aliphatic heterocycles. The van der Waals surface area contributed by atoms with Crippen molar-refractivity contribution in [2.75, 3.05) is 5.75 Å². The van der Waals surface area contributed by atoms with E-state index in [2.05, 4.69) is 11.9 Å². The van der Waals surface area contributed by atoms with Crippen LogP contribution in [0.25, 0.3) is 0 Å². The summed E-state index contributed by atoms with van der Waals surface area (Å²) >= 11 is 1.62. The molecule has 1 amide bonds. The number of hydrogen-bond acceptors (Lipinski definition) is 2. The number of carbonyl (C=O) groups excluding carboxylic acids is 1. The molecule has 0 radical (unpaired) electrons. The van der Waals surface area contributed by atoms with Crippen molar-refractivity contribution in [1.82, 2.24) is 5.32 Å². The summed E-state index contributed by atoms with van der Waals surface area (Å²) in [5.74, 6) is 0.836. The van der Waals surface area contributed by atoms with Crippen molar-refractivity contribution in [3.63, 3.8) is 0 Å². The van der Waals surface area contributed by atoms with Gasteiger partial charge in [-0.3, -0.25) is 4.79 Å². The number of amides is 1. The van der Waals surface area contributed by atoms with Crippen LogP contribution in [0.5, 0.6) is 0 Å². The van der Waals surface area contributed by atoms with Gasteiger partial charge in [-0.25, -0.2) is 0 Å². The number of benzene rings is 1. The average molecular weight is 205 g/mol. The Bertz CT molecular complexity index is 361. The van der Waals surface area contributed by atoms with E-state index < -0.39 is 0 Å².